The van der Waals surface area contributed by atoms with Crippen molar-refractivity contribution in [2.75, 3.05) is 24.5 Å². The summed E-state index contributed by atoms with van der Waals surface area (Å²) >= 11 is 0. The van der Waals surface area contributed by atoms with Crippen molar-refractivity contribution < 1.29 is 9.59 Å². The number of nitrogens with zero attached hydrogens (tertiary/aromatic N) is 2. The molecule has 1 aromatic rings. The first-order chi connectivity index (χ1) is 12.3. The van der Waals surface area contributed by atoms with E-state index in [9.17, 15) is 9.59 Å². The quantitative estimate of drug-likeness (QED) is 0.818. The van der Waals surface area contributed by atoms with Crippen LogP contribution in [-0.4, -0.2) is 36.3 Å². The van der Waals surface area contributed by atoms with Crippen molar-refractivity contribution in [3.8, 4) is 0 Å². The minimum Gasteiger partial charge on any atom is -0.342 e. The van der Waals surface area contributed by atoms with Crippen LogP contribution < -0.4 is 4.90 Å². The fourth-order valence-electron chi connectivity index (χ4n) is 4.64. The van der Waals surface area contributed by atoms with Crippen LogP contribution >= 0.6 is 0 Å². The Kier molecular flexibility index (Phi) is 5.40. The maximum absolute atomic E-state index is 12.7. The molecule has 1 saturated heterocycles. The third kappa shape index (κ3) is 3.94. The van der Waals surface area contributed by atoms with E-state index in [4.69, 9.17) is 0 Å². The van der Waals surface area contributed by atoms with Crippen LogP contribution in [0.25, 0.3) is 0 Å². The van der Waals surface area contributed by atoms with Crippen LogP contribution in [0.3, 0.4) is 0 Å². The molecule has 0 radical (unpaired) electrons. The Hall–Kier alpha value is -1.84. The van der Waals surface area contributed by atoms with E-state index in [-0.39, 0.29) is 17.2 Å². The van der Waals surface area contributed by atoms with Gasteiger partial charge in [0.05, 0.1) is 0 Å². The van der Waals surface area contributed by atoms with Gasteiger partial charge in [-0.05, 0) is 36.3 Å². The monoisotopic (exact) mass is 356 g/mol. The van der Waals surface area contributed by atoms with Gasteiger partial charge in [-0.25, -0.2) is 0 Å². The minimum atomic E-state index is -0.125. The van der Waals surface area contributed by atoms with Gasteiger partial charge in [-0.2, -0.15) is 0 Å². The highest BCUT2D eigenvalue weighted by atomic mass is 16.2. The normalized spacial score (nSPS) is 25.2. The molecule has 4 nitrogen and oxygen atoms in total. The molecule has 0 N–H and O–H groups in total. The van der Waals surface area contributed by atoms with Crippen LogP contribution in [-0.2, 0) is 15.0 Å². The molecule has 0 aromatic heterocycles. The largest absolute Gasteiger partial charge is 0.342 e. The molecule has 26 heavy (non-hydrogen) atoms. The molecule has 4 heteroatoms. The molecule has 2 aliphatic heterocycles. The molecular formula is C22H32N2O2. The molecule has 1 fully saturated rings. The maximum atomic E-state index is 12.7. The average molecular weight is 357 g/mol. The number of benzene rings is 1. The first kappa shape index (κ1) is 18.9. The predicted molar refractivity (Wildman–Crippen MR) is 105 cm³/mol. The van der Waals surface area contributed by atoms with Crippen LogP contribution in [0.1, 0.15) is 58.9 Å². The summed E-state index contributed by atoms with van der Waals surface area (Å²) in [5, 5.41) is 0. The number of rotatable bonds is 4. The lowest BCUT2D eigenvalue weighted by Gasteiger charge is -2.39. The van der Waals surface area contributed by atoms with E-state index in [1.165, 1.54) is 12.0 Å². The van der Waals surface area contributed by atoms with Crippen molar-refractivity contribution in [1.82, 2.24) is 4.90 Å². The number of hydrogen-bond donors (Lipinski definition) is 0. The van der Waals surface area contributed by atoms with E-state index in [2.05, 4.69) is 33.8 Å². The molecule has 0 saturated carbocycles. The first-order valence-corrected chi connectivity index (χ1v) is 9.95. The summed E-state index contributed by atoms with van der Waals surface area (Å²) in [7, 11) is 0. The van der Waals surface area contributed by atoms with Gasteiger partial charge in [-0.15, -0.1) is 0 Å². The Morgan fingerprint density at radius 3 is 2.50 bits per heavy atom. The van der Waals surface area contributed by atoms with Gasteiger partial charge in [0, 0.05) is 43.6 Å². The van der Waals surface area contributed by atoms with Gasteiger partial charge in [0.15, 0.2) is 0 Å². The standard InChI is InChI=1S/C22H32N2O2/c1-16-12-17(2)15-23(14-16)20(25)10-7-11-24-19-9-6-5-8-18(19)22(3,4)13-21(24)26/h5-6,8-9,16-17H,7,10-15H2,1-4H3/t16-,17-/m1/s1. The van der Waals surface area contributed by atoms with Crippen LogP contribution in [0.2, 0.25) is 0 Å². The summed E-state index contributed by atoms with van der Waals surface area (Å²) in [6.45, 7) is 11.1. The van der Waals surface area contributed by atoms with Crippen LogP contribution in [0.4, 0.5) is 5.69 Å². The van der Waals surface area contributed by atoms with E-state index in [0.717, 1.165) is 25.2 Å². The van der Waals surface area contributed by atoms with Gasteiger partial charge >= 0.3 is 0 Å². The van der Waals surface area contributed by atoms with Gasteiger partial charge in [0.1, 0.15) is 0 Å². The zero-order valence-corrected chi connectivity index (χ0v) is 16.6. The molecular weight excluding hydrogens is 324 g/mol. The molecule has 3 rings (SSSR count). The predicted octanol–water partition coefficient (Wildman–Crippen LogP) is 3.99. The lowest BCUT2D eigenvalue weighted by Crippen LogP contribution is -2.44. The Bertz CT molecular complexity index is 672. The van der Waals surface area contributed by atoms with Crippen molar-refractivity contribution in [3.05, 3.63) is 29.8 Å². The molecule has 2 amide bonds. The van der Waals surface area contributed by atoms with Crippen molar-refractivity contribution in [2.24, 2.45) is 11.8 Å². The SMILES string of the molecule is C[C@@H]1C[C@@H](C)CN(C(=O)CCCN2C(=O)CC(C)(C)c3ccccc32)C1. The highest BCUT2D eigenvalue weighted by Crippen LogP contribution is 2.40. The average Bonchev–Trinajstić information content (AvgIpc) is 2.56. The van der Waals surface area contributed by atoms with E-state index in [1.54, 1.807) is 0 Å². The Morgan fingerprint density at radius 1 is 1.15 bits per heavy atom. The van der Waals surface area contributed by atoms with E-state index in [1.807, 2.05) is 28.0 Å². The second-order valence-electron chi connectivity index (χ2n) is 8.97. The summed E-state index contributed by atoms with van der Waals surface area (Å²) in [6.07, 6.45) is 2.98. The number of hydrogen-bond acceptors (Lipinski definition) is 2. The van der Waals surface area contributed by atoms with Crippen molar-refractivity contribution in [3.63, 3.8) is 0 Å². The smallest absolute Gasteiger partial charge is 0.227 e. The molecule has 142 valence electrons. The Morgan fingerprint density at radius 2 is 1.81 bits per heavy atom. The first-order valence-electron chi connectivity index (χ1n) is 9.95. The van der Waals surface area contributed by atoms with Gasteiger partial charge in [0.2, 0.25) is 11.8 Å². The number of carbonyl (C=O) groups excluding carboxylic acids is 2. The number of anilines is 1. The van der Waals surface area contributed by atoms with Crippen molar-refractivity contribution >= 4 is 17.5 Å². The highest BCUT2D eigenvalue weighted by Gasteiger charge is 2.36. The number of carbonyl (C=O) groups is 2. The molecule has 0 bridgehead atoms. The highest BCUT2D eigenvalue weighted by molar-refractivity contribution is 5.97. The molecule has 2 aliphatic rings. The Balaban J connectivity index is 1.61. The second-order valence-corrected chi connectivity index (χ2v) is 8.97. The summed E-state index contributed by atoms with van der Waals surface area (Å²) in [5.41, 5.74) is 2.12. The summed E-state index contributed by atoms with van der Waals surface area (Å²) in [4.78, 5) is 29.2. The van der Waals surface area contributed by atoms with Gasteiger partial charge in [-0.1, -0.05) is 45.9 Å². The summed E-state index contributed by atoms with van der Waals surface area (Å²) in [6, 6.07) is 8.18. The molecule has 0 unspecified atom stereocenters. The summed E-state index contributed by atoms with van der Waals surface area (Å²) in [5.74, 6) is 1.57. The van der Waals surface area contributed by atoms with Crippen molar-refractivity contribution in [2.45, 2.75) is 58.8 Å². The topological polar surface area (TPSA) is 40.6 Å². The van der Waals surface area contributed by atoms with E-state index < -0.39 is 0 Å². The lowest BCUT2D eigenvalue weighted by atomic mass is 9.77. The number of piperidine rings is 1. The zero-order valence-electron chi connectivity index (χ0n) is 16.6. The van der Waals surface area contributed by atoms with Gasteiger partial charge in [0.25, 0.3) is 0 Å². The number of likely N-dealkylation sites (tertiary alicyclic amines) is 1. The van der Waals surface area contributed by atoms with Crippen LogP contribution in [0, 0.1) is 11.8 Å². The molecule has 2 atom stereocenters. The fraction of sp³-hybridized carbons (Fsp3) is 0.636. The second kappa shape index (κ2) is 7.42. The minimum absolute atomic E-state index is 0.125. The van der Waals surface area contributed by atoms with E-state index >= 15 is 0 Å². The van der Waals surface area contributed by atoms with Crippen molar-refractivity contribution in [1.29, 1.82) is 0 Å². The maximum Gasteiger partial charge on any atom is 0.227 e. The molecule has 2 heterocycles. The molecule has 0 spiro atoms. The number of para-hydroxylation sites is 1. The third-order valence-corrected chi connectivity index (χ3v) is 5.81. The fourth-order valence-corrected chi connectivity index (χ4v) is 4.64. The Labute approximate surface area is 157 Å². The molecule has 0 aliphatic carbocycles. The zero-order chi connectivity index (χ0) is 18.9. The van der Waals surface area contributed by atoms with Gasteiger partial charge in [-0.3, -0.25) is 9.59 Å². The van der Waals surface area contributed by atoms with Crippen LogP contribution in [0.15, 0.2) is 24.3 Å². The number of fused-ring (bicyclic) bond motifs is 1. The third-order valence-electron chi connectivity index (χ3n) is 5.81. The van der Waals surface area contributed by atoms with Gasteiger partial charge < -0.3 is 9.80 Å². The molecule has 1 aromatic carbocycles. The lowest BCUT2D eigenvalue weighted by molar-refractivity contribution is -0.134. The van der Waals surface area contributed by atoms with E-state index in [0.29, 0.717) is 31.2 Å². The summed E-state index contributed by atoms with van der Waals surface area (Å²) < 4.78 is 0. The number of amides is 2. The van der Waals surface area contributed by atoms with Crippen LogP contribution in [0.5, 0.6) is 0 Å².